The van der Waals surface area contributed by atoms with Crippen molar-refractivity contribution in [3.63, 3.8) is 0 Å². The largest absolute Gasteiger partial charge is 0.341 e. The Kier molecular flexibility index (Phi) is 10.2. The van der Waals surface area contributed by atoms with Gasteiger partial charge in [0.15, 0.2) is 0 Å². The summed E-state index contributed by atoms with van der Waals surface area (Å²) in [5.74, 6) is 0.0792. The fraction of sp³-hybridized carbons (Fsp3) is 0.933. The summed E-state index contributed by atoms with van der Waals surface area (Å²) >= 11 is 0. The van der Waals surface area contributed by atoms with E-state index in [0.717, 1.165) is 25.9 Å². The summed E-state index contributed by atoms with van der Waals surface area (Å²) in [7, 11) is 1.91. The van der Waals surface area contributed by atoms with Crippen molar-refractivity contribution in [2.75, 3.05) is 20.1 Å². The van der Waals surface area contributed by atoms with E-state index in [0.29, 0.717) is 12.1 Å². The maximum Gasteiger partial charge on any atom is 0.240 e. The zero-order chi connectivity index (χ0) is 14.8. The molecule has 1 aliphatic rings. The predicted molar refractivity (Wildman–Crippen MR) is 94.4 cm³/mol. The number of likely N-dealkylation sites (tertiary alicyclic amines) is 1. The van der Waals surface area contributed by atoms with Gasteiger partial charge in [-0.2, -0.15) is 0 Å². The van der Waals surface area contributed by atoms with Gasteiger partial charge in [-0.15, -0.1) is 24.8 Å². The Hall–Kier alpha value is -0.0300. The lowest BCUT2D eigenvalue weighted by Gasteiger charge is -2.40. The van der Waals surface area contributed by atoms with E-state index >= 15 is 0 Å². The molecule has 2 N–H and O–H groups in total. The molecule has 0 radical (unpaired) electrons. The number of rotatable bonds is 3. The minimum Gasteiger partial charge on any atom is -0.341 e. The Balaban J connectivity index is 0. The molecule has 0 saturated carbocycles. The summed E-state index contributed by atoms with van der Waals surface area (Å²) in [6.45, 7) is 12.7. The molecule has 0 aromatic carbocycles. The van der Waals surface area contributed by atoms with Gasteiger partial charge in [-0.25, -0.2) is 0 Å². The Morgan fingerprint density at radius 1 is 1.19 bits per heavy atom. The van der Waals surface area contributed by atoms with Crippen LogP contribution >= 0.6 is 24.8 Å². The number of piperidine rings is 1. The molecule has 1 heterocycles. The van der Waals surface area contributed by atoms with Gasteiger partial charge in [-0.1, -0.05) is 20.8 Å². The van der Waals surface area contributed by atoms with E-state index in [-0.39, 0.29) is 36.1 Å². The van der Waals surface area contributed by atoms with Crippen LogP contribution in [0.3, 0.4) is 0 Å². The van der Waals surface area contributed by atoms with E-state index in [4.69, 9.17) is 5.73 Å². The summed E-state index contributed by atoms with van der Waals surface area (Å²) < 4.78 is 0. The van der Waals surface area contributed by atoms with E-state index < -0.39 is 6.04 Å². The number of hydrogen-bond donors (Lipinski definition) is 1. The molecular formula is C15H33Cl2N3O. The van der Waals surface area contributed by atoms with Gasteiger partial charge in [0.1, 0.15) is 0 Å². The number of carbonyl (C=O) groups excluding carboxylic acids is 1. The first kappa shape index (κ1) is 23.2. The van der Waals surface area contributed by atoms with Crippen LogP contribution in [0.15, 0.2) is 0 Å². The summed E-state index contributed by atoms with van der Waals surface area (Å²) in [5, 5.41) is 0. The zero-order valence-electron chi connectivity index (χ0n) is 14.3. The molecule has 0 unspecified atom stereocenters. The fourth-order valence-corrected chi connectivity index (χ4v) is 2.56. The summed E-state index contributed by atoms with van der Waals surface area (Å²) in [5.41, 5.74) is 5.90. The zero-order valence-corrected chi connectivity index (χ0v) is 15.9. The number of halogens is 2. The highest BCUT2D eigenvalue weighted by Gasteiger charge is 2.33. The molecule has 1 saturated heterocycles. The average molecular weight is 342 g/mol. The van der Waals surface area contributed by atoms with Gasteiger partial charge < -0.3 is 15.5 Å². The fourth-order valence-electron chi connectivity index (χ4n) is 2.56. The van der Waals surface area contributed by atoms with Gasteiger partial charge in [0.2, 0.25) is 5.91 Å². The highest BCUT2D eigenvalue weighted by atomic mass is 35.5. The molecule has 0 aliphatic carbocycles. The Labute approximate surface area is 142 Å². The highest BCUT2D eigenvalue weighted by molar-refractivity contribution is 5.85. The average Bonchev–Trinajstić information content (AvgIpc) is 2.35. The molecule has 0 aromatic heterocycles. The summed E-state index contributed by atoms with van der Waals surface area (Å²) in [4.78, 5) is 16.7. The van der Waals surface area contributed by atoms with Crippen LogP contribution < -0.4 is 5.73 Å². The van der Waals surface area contributed by atoms with Gasteiger partial charge in [-0.05, 0) is 32.1 Å². The van der Waals surface area contributed by atoms with Gasteiger partial charge in [-0.3, -0.25) is 4.79 Å². The lowest BCUT2D eigenvalue weighted by Crippen LogP contribution is -2.54. The molecule has 21 heavy (non-hydrogen) atoms. The molecule has 1 fully saturated rings. The maximum atomic E-state index is 12.4. The molecule has 4 nitrogen and oxygen atoms in total. The lowest BCUT2D eigenvalue weighted by atomic mass is 9.86. The minimum atomic E-state index is -0.416. The second-order valence-electron chi connectivity index (χ2n) is 7.15. The van der Waals surface area contributed by atoms with Crippen LogP contribution in [0.5, 0.6) is 0 Å². The highest BCUT2D eigenvalue weighted by Crippen LogP contribution is 2.22. The van der Waals surface area contributed by atoms with Gasteiger partial charge in [0, 0.05) is 32.2 Å². The molecule has 0 spiro atoms. The standard InChI is InChI=1S/C15H31N3O.2ClH/c1-11(2)18-9-7-12(8-10-18)17(6)14(19)13(16)15(3,4)5;;/h11-13H,7-10,16H2,1-6H3;2*1H/t13-;;/m1../s1. The van der Waals surface area contributed by atoms with Crippen molar-refractivity contribution in [1.29, 1.82) is 0 Å². The van der Waals surface area contributed by atoms with E-state index in [1.807, 2.05) is 32.7 Å². The van der Waals surface area contributed by atoms with Crippen LogP contribution in [0.25, 0.3) is 0 Å². The molecule has 1 rings (SSSR count). The van der Waals surface area contributed by atoms with Crippen LogP contribution in [0.4, 0.5) is 0 Å². The Morgan fingerprint density at radius 3 is 1.95 bits per heavy atom. The normalized spacial score (nSPS) is 18.7. The van der Waals surface area contributed by atoms with Crippen molar-refractivity contribution in [2.45, 2.75) is 65.6 Å². The van der Waals surface area contributed by atoms with Crippen LogP contribution in [0, 0.1) is 5.41 Å². The topological polar surface area (TPSA) is 49.6 Å². The van der Waals surface area contributed by atoms with E-state index in [1.54, 1.807) is 0 Å². The SMILES string of the molecule is CC(C)N1CCC(N(C)C(=O)[C@@H](N)C(C)(C)C)CC1.Cl.Cl. The van der Waals surface area contributed by atoms with Crippen molar-refractivity contribution in [3.05, 3.63) is 0 Å². The predicted octanol–water partition coefficient (Wildman–Crippen LogP) is 2.53. The number of nitrogens with two attached hydrogens (primary N) is 1. The quantitative estimate of drug-likeness (QED) is 0.857. The van der Waals surface area contributed by atoms with Crippen LogP contribution in [-0.4, -0.2) is 54.0 Å². The molecule has 6 heteroatoms. The molecular weight excluding hydrogens is 309 g/mol. The van der Waals surface area contributed by atoms with Crippen molar-refractivity contribution >= 4 is 30.7 Å². The minimum absolute atomic E-state index is 0. The molecule has 0 bridgehead atoms. The van der Waals surface area contributed by atoms with Crippen molar-refractivity contribution in [3.8, 4) is 0 Å². The Bertz CT molecular complexity index is 311. The molecule has 1 atom stereocenters. The van der Waals surface area contributed by atoms with Crippen molar-refractivity contribution < 1.29 is 4.79 Å². The molecule has 128 valence electrons. The van der Waals surface area contributed by atoms with Gasteiger partial charge in [0.05, 0.1) is 6.04 Å². The number of amides is 1. The van der Waals surface area contributed by atoms with E-state index in [2.05, 4.69) is 18.7 Å². The number of likely N-dealkylation sites (N-methyl/N-ethyl adjacent to an activating group) is 1. The smallest absolute Gasteiger partial charge is 0.240 e. The number of carbonyl (C=O) groups is 1. The number of hydrogen-bond acceptors (Lipinski definition) is 3. The summed E-state index contributed by atoms with van der Waals surface area (Å²) in [6, 6.07) is 0.523. The second-order valence-corrected chi connectivity index (χ2v) is 7.15. The Morgan fingerprint density at radius 2 is 1.62 bits per heavy atom. The van der Waals surface area contributed by atoms with Crippen LogP contribution in [0.2, 0.25) is 0 Å². The summed E-state index contributed by atoms with van der Waals surface area (Å²) in [6.07, 6.45) is 2.11. The molecule has 1 aliphatic heterocycles. The van der Waals surface area contributed by atoms with Gasteiger partial charge in [0.25, 0.3) is 0 Å². The first-order valence-electron chi connectivity index (χ1n) is 7.41. The number of nitrogens with zero attached hydrogens (tertiary/aromatic N) is 2. The second kappa shape index (κ2) is 9.19. The van der Waals surface area contributed by atoms with Gasteiger partial charge >= 0.3 is 0 Å². The maximum absolute atomic E-state index is 12.4. The molecule has 1 amide bonds. The van der Waals surface area contributed by atoms with Crippen molar-refractivity contribution in [2.24, 2.45) is 11.1 Å². The third kappa shape index (κ3) is 6.31. The van der Waals surface area contributed by atoms with E-state index in [9.17, 15) is 4.79 Å². The van der Waals surface area contributed by atoms with Crippen LogP contribution in [0.1, 0.15) is 47.5 Å². The monoisotopic (exact) mass is 341 g/mol. The van der Waals surface area contributed by atoms with Crippen molar-refractivity contribution in [1.82, 2.24) is 9.80 Å². The lowest BCUT2D eigenvalue weighted by molar-refractivity contribution is -0.136. The third-order valence-corrected chi connectivity index (χ3v) is 4.32. The third-order valence-electron chi connectivity index (χ3n) is 4.32. The first-order chi connectivity index (χ1) is 8.64. The van der Waals surface area contributed by atoms with Crippen LogP contribution in [-0.2, 0) is 4.79 Å². The molecule has 0 aromatic rings. The first-order valence-corrected chi connectivity index (χ1v) is 7.41. The van der Waals surface area contributed by atoms with E-state index in [1.165, 1.54) is 0 Å².